The van der Waals surface area contributed by atoms with Crippen molar-refractivity contribution in [3.05, 3.63) is 34.9 Å². The SMILES string of the molecule is Cc1cccc(C2CCCN2C(=O)C2CCCNC2)c1C. The molecule has 1 aromatic carbocycles. The first kappa shape index (κ1) is 14.6. The molecule has 2 unspecified atom stereocenters. The Morgan fingerprint density at radius 1 is 1.24 bits per heavy atom. The predicted molar refractivity (Wildman–Crippen MR) is 85.2 cm³/mol. The third-order valence-electron chi connectivity index (χ3n) is 5.19. The monoisotopic (exact) mass is 286 g/mol. The number of benzene rings is 1. The van der Waals surface area contributed by atoms with Crippen LogP contribution in [-0.2, 0) is 4.79 Å². The van der Waals surface area contributed by atoms with E-state index in [4.69, 9.17) is 0 Å². The second kappa shape index (κ2) is 6.18. The number of amides is 1. The molecule has 0 aliphatic carbocycles. The lowest BCUT2D eigenvalue weighted by Crippen LogP contribution is -2.42. The van der Waals surface area contributed by atoms with Gasteiger partial charge in [0.1, 0.15) is 0 Å². The molecule has 2 saturated heterocycles. The minimum absolute atomic E-state index is 0.185. The molecule has 1 amide bonds. The molecular formula is C18H26N2O. The molecule has 2 aliphatic heterocycles. The number of aryl methyl sites for hydroxylation is 1. The van der Waals surface area contributed by atoms with E-state index < -0.39 is 0 Å². The van der Waals surface area contributed by atoms with Gasteiger partial charge < -0.3 is 10.2 Å². The Balaban J connectivity index is 1.81. The van der Waals surface area contributed by atoms with Gasteiger partial charge in [-0.3, -0.25) is 4.79 Å². The fraction of sp³-hybridized carbons (Fsp3) is 0.611. The number of carbonyl (C=O) groups is 1. The van der Waals surface area contributed by atoms with Crippen molar-refractivity contribution in [2.24, 2.45) is 5.92 Å². The van der Waals surface area contributed by atoms with Gasteiger partial charge in [-0.25, -0.2) is 0 Å². The highest BCUT2D eigenvalue weighted by atomic mass is 16.2. The molecule has 0 bridgehead atoms. The van der Waals surface area contributed by atoms with E-state index in [0.29, 0.717) is 11.9 Å². The summed E-state index contributed by atoms with van der Waals surface area (Å²) >= 11 is 0. The predicted octanol–water partition coefficient (Wildman–Crippen LogP) is 2.97. The van der Waals surface area contributed by atoms with Crippen LogP contribution in [0.15, 0.2) is 18.2 Å². The van der Waals surface area contributed by atoms with Gasteiger partial charge in [0.2, 0.25) is 5.91 Å². The molecule has 114 valence electrons. The molecule has 0 aromatic heterocycles. The Morgan fingerprint density at radius 3 is 2.86 bits per heavy atom. The highest BCUT2D eigenvalue weighted by molar-refractivity contribution is 5.80. The van der Waals surface area contributed by atoms with E-state index in [2.05, 4.69) is 42.3 Å². The van der Waals surface area contributed by atoms with Gasteiger partial charge in [-0.05, 0) is 62.8 Å². The number of nitrogens with one attached hydrogen (secondary N) is 1. The average Bonchev–Trinajstić information content (AvgIpc) is 2.99. The maximum Gasteiger partial charge on any atom is 0.227 e. The number of carbonyl (C=O) groups excluding carboxylic acids is 1. The summed E-state index contributed by atoms with van der Waals surface area (Å²) in [5.41, 5.74) is 4.03. The van der Waals surface area contributed by atoms with Crippen LogP contribution in [0.1, 0.15) is 48.4 Å². The Morgan fingerprint density at radius 2 is 2.10 bits per heavy atom. The van der Waals surface area contributed by atoms with Gasteiger partial charge in [-0.1, -0.05) is 18.2 Å². The molecule has 2 atom stereocenters. The molecule has 2 heterocycles. The van der Waals surface area contributed by atoms with Gasteiger partial charge >= 0.3 is 0 Å². The molecule has 3 heteroatoms. The molecule has 0 spiro atoms. The molecule has 0 radical (unpaired) electrons. The van der Waals surface area contributed by atoms with Crippen LogP contribution in [0.2, 0.25) is 0 Å². The lowest BCUT2D eigenvalue weighted by Gasteiger charge is -2.32. The van der Waals surface area contributed by atoms with Gasteiger partial charge in [0.15, 0.2) is 0 Å². The van der Waals surface area contributed by atoms with Crippen LogP contribution < -0.4 is 5.32 Å². The molecule has 3 nitrogen and oxygen atoms in total. The van der Waals surface area contributed by atoms with Gasteiger partial charge in [0.05, 0.1) is 12.0 Å². The lowest BCUT2D eigenvalue weighted by molar-refractivity contribution is -0.137. The average molecular weight is 286 g/mol. The summed E-state index contributed by atoms with van der Waals surface area (Å²) in [5, 5.41) is 3.37. The van der Waals surface area contributed by atoms with Crippen LogP contribution in [0.4, 0.5) is 0 Å². The zero-order chi connectivity index (χ0) is 14.8. The Kier molecular flexibility index (Phi) is 4.29. The summed E-state index contributed by atoms with van der Waals surface area (Å²) in [6.07, 6.45) is 4.40. The van der Waals surface area contributed by atoms with Crippen molar-refractivity contribution >= 4 is 5.91 Å². The van der Waals surface area contributed by atoms with Crippen LogP contribution in [-0.4, -0.2) is 30.4 Å². The Bertz CT molecular complexity index is 520. The number of nitrogens with zero attached hydrogens (tertiary/aromatic N) is 1. The molecule has 2 fully saturated rings. The zero-order valence-corrected chi connectivity index (χ0v) is 13.2. The van der Waals surface area contributed by atoms with Gasteiger partial charge in [-0.15, -0.1) is 0 Å². The summed E-state index contributed by atoms with van der Waals surface area (Å²) in [7, 11) is 0. The summed E-state index contributed by atoms with van der Waals surface area (Å²) in [5.74, 6) is 0.551. The highest BCUT2D eigenvalue weighted by Crippen LogP contribution is 2.36. The van der Waals surface area contributed by atoms with Crippen molar-refractivity contribution in [3.8, 4) is 0 Å². The standard InChI is InChI=1S/C18H26N2O/c1-13-6-3-8-16(14(13)2)17-9-5-11-20(17)18(21)15-7-4-10-19-12-15/h3,6,8,15,17,19H,4-5,7,9-12H2,1-2H3. The van der Waals surface area contributed by atoms with Crippen molar-refractivity contribution in [2.75, 3.05) is 19.6 Å². The molecule has 2 aliphatic rings. The summed E-state index contributed by atoms with van der Waals surface area (Å²) in [4.78, 5) is 15.0. The number of hydrogen-bond acceptors (Lipinski definition) is 2. The smallest absolute Gasteiger partial charge is 0.227 e. The van der Waals surface area contributed by atoms with Gasteiger partial charge in [0.25, 0.3) is 0 Å². The fourth-order valence-corrected chi connectivity index (χ4v) is 3.79. The fourth-order valence-electron chi connectivity index (χ4n) is 3.79. The minimum Gasteiger partial charge on any atom is -0.335 e. The van der Waals surface area contributed by atoms with E-state index in [0.717, 1.165) is 45.3 Å². The molecule has 21 heavy (non-hydrogen) atoms. The first-order valence-electron chi connectivity index (χ1n) is 8.26. The van der Waals surface area contributed by atoms with Crippen molar-refractivity contribution in [1.29, 1.82) is 0 Å². The maximum absolute atomic E-state index is 12.9. The molecule has 1 aromatic rings. The Hall–Kier alpha value is -1.35. The summed E-state index contributed by atoms with van der Waals surface area (Å²) in [6.45, 7) is 7.19. The first-order valence-corrected chi connectivity index (χ1v) is 8.26. The molecule has 3 rings (SSSR count). The van der Waals surface area contributed by atoms with Crippen molar-refractivity contribution in [2.45, 2.75) is 45.6 Å². The number of hydrogen-bond donors (Lipinski definition) is 1. The minimum atomic E-state index is 0.185. The highest BCUT2D eigenvalue weighted by Gasteiger charge is 2.34. The lowest BCUT2D eigenvalue weighted by atomic mass is 9.94. The van der Waals surface area contributed by atoms with E-state index >= 15 is 0 Å². The second-order valence-corrected chi connectivity index (χ2v) is 6.52. The largest absolute Gasteiger partial charge is 0.335 e. The second-order valence-electron chi connectivity index (χ2n) is 6.52. The van der Waals surface area contributed by atoms with Crippen LogP contribution in [0.5, 0.6) is 0 Å². The van der Waals surface area contributed by atoms with E-state index in [1.165, 1.54) is 16.7 Å². The van der Waals surface area contributed by atoms with E-state index in [-0.39, 0.29) is 5.92 Å². The van der Waals surface area contributed by atoms with E-state index in [9.17, 15) is 4.79 Å². The van der Waals surface area contributed by atoms with Gasteiger partial charge in [0, 0.05) is 13.1 Å². The third kappa shape index (κ3) is 2.84. The van der Waals surface area contributed by atoms with E-state index in [1.54, 1.807) is 0 Å². The van der Waals surface area contributed by atoms with Crippen LogP contribution in [0.25, 0.3) is 0 Å². The van der Waals surface area contributed by atoms with Gasteiger partial charge in [-0.2, -0.15) is 0 Å². The summed E-state index contributed by atoms with van der Waals surface area (Å²) < 4.78 is 0. The summed E-state index contributed by atoms with van der Waals surface area (Å²) in [6, 6.07) is 6.78. The molecular weight excluding hydrogens is 260 g/mol. The number of piperidine rings is 1. The quantitative estimate of drug-likeness (QED) is 0.906. The molecule has 1 N–H and O–H groups in total. The first-order chi connectivity index (χ1) is 10.2. The van der Waals surface area contributed by atoms with Crippen molar-refractivity contribution in [1.82, 2.24) is 10.2 Å². The molecule has 0 saturated carbocycles. The van der Waals surface area contributed by atoms with Crippen molar-refractivity contribution < 1.29 is 4.79 Å². The maximum atomic E-state index is 12.9. The number of rotatable bonds is 2. The Labute approximate surface area is 127 Å². The normalized spacial score (nSPS) is 26.1. The van der Waals surface area contributed by atoms with Crippen LogP contribution in [0, 0.1) is 19.8 Å². The van der Waals surface area contributed by atoms with Crippen molar-refractivity contribution in [3.63, 3.8) is 0 Å². The third-order valence-corrected chi connectivity index (χ3v) is 5.19. The number of likely N-dealkylation sites (tertiary alicyclic amines) is 1. The topological polar surface area (TPSA) is 32.3 Å². The zero-order valence-electron chi connectivity index (χ0n) is 13.2. The van der Waals surface area contributed by atoms with Crippen LogP contribution in [0.3, 0.4) is 0 Å². The van der Waals surface area contributed by atoms with Crippen LogP contribution >= 0.6 is 0 Å². The van der Waals surface area contributed by atoms with E-state index in [1.807, 2.05) is 0 Å².